The second-order valence-corrected chi connectivity index (χ2v) is 7.89. The first-order valence-corrected chi connectivity index (χ1v) is 9.85. The molecule has 1 aliphatic heterocycles. The van der Waals surface area contributed by atoms with Gasteiger partial charge in [-0.3, -0.25) is 9.59 Å². The Morgan fingerprint density at radius 3 is 2.64 bits per heavy atom. The first-order valence-electron chi connectivity index (χ1n) is 9.85. The Balaban J connectivity index is 1.37. The molecule has 2 aromatic rings. The highest BCUT2D eigenvalue weighted by atomic mass is 16.5. The van der Waals surface area contributed by atoms with Crippen molar-refractivity contribution in [2.24, 2.45) is 0 Å². The predicted octanol–water partition coefficient (Wildman–Crippen LogP) is 2.97. The van der Waals surface area contributed by atoms with E-state index in [4.69, 9.17) is 4.52 Å². The molecule has 148 valence electrons. The third-order valence-corrected chi connectivity index (χ3v) is 5.60. The average Bonchev–Trinajstić information content (AvgIpc) is 3.44. The fourth-order valence-corrected chi connectivity index (χ4v) is 3.67. The zero-order chi connectivity index (χ0) is 19.7. The molecule has 1 aliphatic carbocycles. The number of likely N-dealkylation sites (N-methyl/N-ethyl adjacent to an activating group) is 2. The van der Waals surface area contributed by atoms with E-state index >= 15 is 0 Å². The summed E-state index contributed by atoms with van der Waals surface area (Å²) in [6.45, 7) is 1.98. The standard InChI is InChI=1S/C21H26N4O3/c1-24-11-3-4-17(13-24)25(2)21(27)15-7-9-16(10-8-15)22-20(26)18-12-19(28-23-18)14-5-6-14/h7-10,12,14,17H,3-6,11,13H2,1-2H3,(H,22,26)/t17-/m0/s1. The third-order valence-electron chi connectivity index (χ3n) is 5.60. The van der Waals surface area contributed by atoms with Crippen molar-refractivity contribution in [2.75, 3.05) is 32.5 Å². The van der Waals surface area contributed by atoms with Gasteiger partial charge in [0, 0.05) is 42.9 Å². The lowest BCUT2D eigenvalue weighted by atomic mass is 10.0. The summed E-state index contributed by atoms with van der Waals surface area (Å²) in [4.78, 5) is 29.2. The smallest absolute Gasteiger partial charge is 0.277 e. The van der Waals surface area contributed by atoms with Crippen LogP contribution in [0.15, 0.2) is 34.9 Å². The van der Waals surface area contributed by atoms with Gasteiger partial charge in [-0.2, -0.15) is 0 Å². The molecular weight excluding hydrogens is 356 g/mol. The first-order chi connectivity index (χ1) is 13.5. The molecule has 2 fully saturated rings. The van der Waals surface area contributed by atoms with Crippen molar-refractivity contribution in [3.8, 4) is 0 Å². The van der Waals surface area contributed by atoms with Crippen molar-refractivity contribution in [3.05, 3.63) is 47.3 Å². The molecule has 0 bridgehead atoms. The van der Waals surface area contributed by atoms with Crippen molar-refractivity contribution in [3.63, 3.8) is 0 Å². The number of carbonyl (C=O) groups excluding carboxylic acids is 2. The van der Waals surface area contributed by atoms with E-state index in [0.29, 0.717) is 17.2 Å². The Kier molecular flexibility index (Phi) is 5.17. The number of likely N-dealkylation sites (tertiary alicyclic amines) is 1. The molecule has 7 nitrogen and oxygen atoms in total. The largest absolute Gasteiger partial charge is 0.360 e. The SMILES string of the molecule is CN1CCC[C@H](N(C)C(=O)c2ccc(NC(=O)c3cc(C4CC4)on3)cc2)C1. The summed E-state index contributed by atoms with van der Waals surface area (Å²) >= 11 is 0. The van der Waals surface area contributed by atoms with Crippen LogP contribution in [0.5, 0.6) is 0 Å². The van der Waals surface area contributed by atoms with Crippen LogP contribution in [0.25, 0.3) is 0 Å². The van der Waals surface area contributed by atoms with E-state index in [9.17, 15) is 9.59 Å². The van der Waals surface area contributed by atoms with Crippen LogP contribution in [0.2, 0.25) is 0 Å². The van der Waals surface area contributed by atoms with Gasteiger partial charge in [0.25, 0.3) is 11.8 Å². The normalized spacial score (nSPS) is 20.0. The summed E-state index contributed by atoms with van der Waals surface area (Å²) in [6, 6.07) is 8.93. The Labute approximate surface area is 164 Å². The van der Waals surface area contributed by atoms with Gasteiger partial charge in [0.05, 0.1) is 0 Å². The van der Waals surface area contributed by atoms with Crippen molar-refractivity contribution in [1.82, 2.24) is 15.0 Å². The van der Waals surface area contributed by atoms with Crippen LogP contribution in [-0.4, -0.2) is 60.0 Å². The Morgan fingerprint density at radius 2 is 1.96 bits per heavy atom. The zero-order valence-electron chi connectivity index (χ0n) is 16.4. The molecule has 2 aliphatic rings. The quantitative estimate of drug-likeness (QED) is 0.860. The van der Waals surface area contributed by atoms with Gasteiger partial charge >= 0.3 is 0 Å². The van der Waals surface area contributed by atoms with Gasteiger partial charge in [0.1, 0.15) is 5.76 Å². The predicted molar refractivity (Wildman–Crippen MR) is 105 cm³/mol. The number of amides is 2. The molecule has 7 heteroatoms. The van der Waals surface area contributed by atoms with Crippen molar-refractivity contribution < 1.29 is 14.1 Å². The minimum Gasteiger partial charge on any atom is -0.360 e. The number of benzene rings is 1. The summed E-state index contributed by atoms with van der Waals surface area (Å²) in [5.74, 6) is 0.892. The van der Waals surface area contributed by atoms with Gasteiger partial charge in [-0.1, -0.05) is 5.16 Å². The maximum absolute atomic E-state index is 12.8. The lowest BCUT2D eigenvalue weighted by molar-refractivity contribution is 0.0644. The molecule has 0 unspecified atom stereocenters. The molecular formula is C21H26N4O3. The van der Waals surface area contributed by atoms with Gasteiger partial charge in [-0.15, -0.1) is 0 Å². The summed E-state index contributed by atoms with van der Waals surface area (Å²) in [5, 5.41) is 6.65. The number of piperidine rings is 1. The Hall–Kier alpha value is -2.67. The maximum atomic E-state index is 12.8. The minimum absolute atomic E-state index is 0.00347. The lowest BCUT2D eigenvalue weighted by Gasteiger charge is -2.35. The summed E-state index contributed by atoms with van der Waals surface area (Å²) in [7, 11) is 3.95. The number of nitrogens with zero attached hydrogens (tertiary/aromatic N) is 3. The van der Waals surface area contributed by atoms with E-state index in [-0.39, 0.29) is 23.6 Å². The number of hydrogen-bond donors (Lipinski definition) is 1. The number of hydrogen-bond acceptors (Lipinski definition) is 5. The zero-order valence-corrected chi connectivity index (χ0v) is 16.4. The van der Waals surface area contributed by atoms with Crippen LogP contribution in [0.1, 0.15) is 58.2 Å². The number of rotatable bonds is 5. The van der Waals surface area contributed by atoms with E-state index in [1.165, 1.54) is 0 Å². The van der Waals surface area contributed by atoms with Crippen molar-refractivity contribution in [2.45, 2.75) is 37.6 Å². The molecule has 1 saturated carbocycles. The van der Waals surface area contributed by atoms with E-state index < -0.39 is 0 Å². The Morgan fingerprint density at radius 1 is 1.21 bits per heavy atom. The molecule has 28 heavy (non-hydrogen) atoms. The topological polar surface area (TPSA) is 78.7 Å². The molecule has 0 spiro atoms. The van der Waals surface area contributed by atoms with Gasteiger partial charge in [-0.05, 0) is 63.5 Å². The van der Waals surface area contributed by atoms with Gasteiger partial charge in [0.15, 0.2) is 5.69 Å². The highest BCUT2D eigenvalue weighted by molar-refractivity contribution is 6.03. The van der Waals surface area contributed by atoms with Gasteiger partial charge in [0.2, 0.25) is 0 Å². The average molecular weight is 382 g/mol. The van der Waals surface area contributed by atoms with Crippen molar-refractivity contribution >= 4 is 17.5 Å². The molecule has 1 saturated heterocycles. The summed E-state index contributed by atoms with van der Waals surface area (Å²) in [6.07, 6.45) is 4.32. The van der Waals surface area contributed by atoms with E-state index in [1.54, 1.807) is 30.3 Å². The minimum atomic E-state index is -0.308. The first kappa shape index (κ1) is 18.7. The summed E-state index contributed by atoms with van der Waals surface area (Å²) < 4.78 is 5.23. The molecule has 0 radical (unpaired) electrons. The summed E-state index contributed by atoms with van der Waals surface area (Å²) in [5.41, 5.74) is 1.52. The van der Waals surface area contributed by atoms with Gasteiger partial charge < -0.3 is 19.6 Å². The van der Waals surface area contributed by atoms with E-state index in [1.807, 2.05) is 11.9 Å². The molecule has 2 heterocycles. The molecule has 1 aromatic carbocycles. The van der Waals surface area contributed by atoms with Crippen LogP contribution in [0, 0.1) is 0 Å². The van der Waals surface area contributed by atoms with Crippen molar-refractivity contribution in [1.29, 1.82) is 0 Å². The monoisotopic (exact) mass is 382 g/mol. The molecule has 1 aromatic heterocycles. The fraction of sp³-hybridized carbons (Fsp3) is 0.476. The fourth-order valence-electron chi connectivity index (χ4n) is 3.67. The van der Waals surface area contributed by atoms with E-state index in [2.05, 4.69) is 22.4 Å². The highest BCUT2D eigenvalue weighted by Crippen LogP contribution is 2.40. The molecule has 2 amide bonds. The number of aromatic nitrogens is 1. The lowest BCUT2D eigenvalue weighted by Crippen LogP contribution is -2.47. The maximum Gasteiger partial charge on any atom is 0.277 e. The van der Waals surface area contributed by atoms with Crippen LogP contribution in [0.3, 0.4) is 0 Å². The van der Waals surface area contributed by atoms with Crippen LogP contribution < -0.4 is 5.32 Å². The highest BCUT2D eigenvalue weighted by Gasteiger charge is 2.29. The number of nitrogens with one attached hydrogen (secondary N) is 1. The Bertz CT molecular complexity index is 857. The third kappa shape index (κ3) is 4.09. The number of anilines is 1. The molecule has 1 N–H and O–H groups in total. The number of carbonyl (C=O) groups is 2. The second kappa shape index (κ2) is 7.75. The van der Waals surface area contributed by atoms with Gasteiger partial charge in [-0.25, -0.2) is 0 Å². The van der Waals surface area contributed by atoms with Crippen LogP contribution >= 0.6 is 0 Å². The molecule has 4 rings (SSSR count). The van der Waals surface area contributed by atoms with Crippen LogP contribution in [-0.2, 0) is 0 Å². The van der Waals surface area contributed by atoms with E-state index in [0.717, 1.165) is 44.5 Å². The molecule has 1 atom stereocenters. The van der Waals surface area contributed by atoms with Crippen LogP contribution in [0.4, 0.5) is 5.69 Å². The second-order valence-electron chi connectivity index (χ2n) is 7.89.